The molecule has 5 aromatic carbocycles. The number of nitrogens with zero attached hydrogens (tertiary/aromatic N) is 3. The number of hydrogen-bond donors (Lipinski definition) is 0. The van der Waals surface area contributed by atoms with E-state index in [2.05, 4.69) is 103 Å². The lowest BCUT2D eigenvalue weighted by Gasteiger charge is -2.21. The molecule has 0 saturated carbocycles. The van der Waals surface area contributed by atoms with Crippen molar-refractivity contribution in [1.29, 1.82) is 0 Å². The molecule has 1 aliphatic carbocycles. The maximum Gasteiger partial charge on any atom is 0.235 e. The Labute approximate surface area is 225 Å². The van der Waals surface area contributed by atoms with Crippen molar-refractivity contribution in [3.63, 3.8) is 0 Å². The van der Waals surface area contributed by atoms with Crippen molar-refractivity contribution in [2.24, 2.45) is 0 Å². The molecule has 0 bridgehead atoms. The fourth-order valence-corrected chi connectivity index (χ4v) is 6.89. The van der Waals surface area contributed by atoms with Crippen LogP contribution >= 0.6 is 0 Å². The number of aromatic nitrogens is 3. The molecule has 2 aromatic heterocycles. The van der Waals surface area contributed by atoms with Crippen LogP contribution in [0.4, 0.5) is 0 Å². The fraction of sp³-hybridized carbons (Fsp3) is 0.0857. The molecule has 0 atom stereocenters. The Morgan fingerprint density at radius 2 is 1.49 bits per heavy atom. The molecule has 184 valence electrons. The highest BCUT2D eigenvalue weighted by atomic mass is 16.5. The van der Waals surface area contributed by atoms with Crippen molar-refractivity contribution in [3.8, 4) is 39.8 Å². The molecule has 0 amide bonds. The van der Waals surface area contributed by atoms with E-state index in [-0.39, 0.29) is 5.41 Å². The van der Waals surface area contributed by atoms with Gasteiger partial charge >= 0.3 is 0 Å². The van der Waals surface area contributed by atoms with E-state index >= 15 is 0 Å². The Hall–Kier alpha value is -4.96. The highest BCUT2D eigenvalue weighted by molar-refractivity contribution is 6.15. The molecule has 4 heteroatoms. The molecule has 0 spiro atoms. The van der Waals surface area contributed by atoms with Crippen LogP contribution in [0.25, 0.3) is 60.9 Å². The molecular formula is C35H23N3O. The minimum absolute atomic E-state index is 0.0920. The van der Waals surface area contributed by atoms with Crippen LogP contribution in [0.2, 0.25) is 0 Å². The molecule has 0 radical (unpaired) electrons. The molecule has 0 N–H and O–H groups in total. The van der Waals surface area contributed by atoms with Gasteiger partial charge in [0.1, 0.15) is 11.4 Å². The van der Waals surface area contributed by atoms with E-state index in [0.717, 1.165) is 38.8 Å². The van der Waals surface area contributed by atoms with Crippen LogP contribution in [0, 0.1) is 0 Å². The number of ether oxygens (including phenoxy) is 1. The number of benzene rings is 5. The molecule has 0 fully saturated rings. The Morgan fingerprint density at radius 3 is 2.41 bits per heavy atom. The number of fused-ring (bicyclic) bond motifs is 9. The number of para-hydroxylation sites is 1. The molecule has 1 aliphatic heterocycles. The quantitative estimate of drug-likeness (QED) is 0.226. The summed E-state index contributed by atoms with van der Waals surface area (Å²) >= 11 is 0. The highest BCUT2D eigenvalue weighted by Gasteiger charge is 2.37. The van der Waals surface area contributed by atoms with Gasteiger partial charge in [0.05, 0.1) is 17.2 Å². The molecule has 4 nitrogen and oxygen atoms in total. The summed E-state index contributed by atoms with van der Waals surface area (Å²) in [6.45, 7) is 4.64. The van der Waals surface area contributed by atoms with Crippen molar-refractivity contribution in [1.82, 2.24) is 14.5 Å². The number of hydrogen-bond acceptors (Lipinski definition) is 3. The van der Waals surface area contributed by atoms with E-state index in [1.165, 1.54) is 33.0 Å². The van der Waals surface area contributed by atoms with Crippen LogP contribution in [0.15, 0.2) is 103 Å². The minimum Gasteiger partial charge on any atom is -0.453 e. The highest BCUT2D eigenvalue weighted by Crippen LogP contribution is 2.53. The second kappa shape index (κ2) is 7.12. The predicted octanol–water partition coefficient (Wildman–Crippen LogP) is 8.81. The molecule has 0 unspecified atom stereocenters. The first kappa shape index (κ1) is 21.0. The van der Waals surface area contributed by atoms with E-state index in [0.29, 0.717) is 11.7 Å². The topological polar surface area (TPSA) is 39.9 Å². The SMILES string of the molecule is CC1(C)c2ccccc2-c2c1ccc1c3ccccc3n(-c3ncc4c(n3)-c3cccc5cccc(c35)O4)c21. The molecule has 3 heterocycles. The minimum atomic E-state index is -0.0920. The monoisotopic (exact) mass is 501 g/mol. The van der Waals surface area contributed by atoms with E-state index in [1.807, 2.05) is 18.3 Å². The Morgan fingerprint density at radius 1 is 0.692 bits per heavy atom. The first-order valence-corrected chi connectivity index (χ1v) is 13.4. The Bertz CT molecular complexity index is 2180. The van der Waals surface area contributed by atoms with E-state index in [1.54, 1.807) is 0 Å². The zero-order chi connectivity index (χ0) is 25.9. The molecule has 2 aliphatic rings. The van der Waals surface area contributed by atoms with Gasteiger partial charge in [-0.2, -0.15) is 0 Å². The van der Waals surface area contributed by atoms with Gasteiger partial charge in [0.2, 0.25) is 5.95 Å². The van der Waals surface area contributed by atoms with Crippen molar-refractivity contribution >= 4 is 32.6 Å². The average Bonchev–Trinajstić information content (AvgIpc) is 3.43. The Balaban J connectivity index is 1.41. The van der Waals surface area contributed by atoms with Crippen LogP contribution in [0.3, 0.4) is 0 Å². The Kier molecular flexibility index (Phi) is 3.84. The van der Waals surface area contributed by atoms with Gasteiger partial charge in [0.15, 0.2) is 5.75 Å². The second-order valence-electron chi connectivity index (χ2n) is 11.1. The van der Waals surface area contributed by atoms with Gasteiger partial charge in [-0.15, -0.1) is 0 Å². The van der Waals surface area contributed by atoms with Gasteiger partial charge in [0.25, 0.3) is 0 Å². The number of rotatable bonds is 1. The van der Waals surface area contributed by atoms with Crippen LogP contribution in [-0.4, -0.2) is 14.5 Å². The van der Waals surface area contributed by atoms with Crippen molar-refractivity contribution in [2.45, 2.75) is 19.3 Å². The van der Waals surface area contributed by atoms with Crippen molar-refractivity contribution < 1.29 is 4.74 Å². The third-order valence-corrected chi connectivity index (χ3v) is 8.66. The summed E-state index contributed by atoms with van der Waals surface area (Å²) in [6.07, 6.45) is 1.83. The average molecular weight is 502 g/mol. The van der Waals surface area contributed by atoms with Gasteiger partial charge in [0, 0.05) is 32.7 Å². The van der Waals surface area contributed by atoms with Gasteiger partial charge in [-0.25, -0.2) is 9.97 Å². The van der Waals surface area contributed by atoms with Crippen LogP contribution in [0.5, 0.6) is 11.5 Å². The van der Waals surface area contributed by atoms with Gasteiger partial charge in [-0.3, -0.25) is 4.57 Å². The fourth-order valence-electron chi connectivity index (χ4n) is 6.89. The summed E-state index contributed by atoms with van der Waals surface area (Å²) < 4.78 is 8.56. The van der Waals surface area contributed by atoms with Crippen LogP contribution in [0.1, 0.15) is 25.0 Å². The predicted molar refractivity (Wildman–Crippen MR) is 157 cm³/mol. The zero-order valence-corrected chi connectivity index (χ0v) is 21.6. The summed E-state index contributed by atoms with van der Waals surface area (Å²) in [5.41, 5.74) is 9.30. The summed E-state index contributed by atoms with van der Waals surface area (Å²) in [7, 11) is 0. The lowest BCUT2D eigenvalue weighted by molar-refractivity contribution is 0.481. The van der Waals surface area contributed by atoms with E-state index in [4.69, 9.17) is 14.7 Å². The van der Waals surface area contributed by atoms with Crippen molar-refractivity contribution in [3.05, 3.63) is 114 Å². The maximum atomic E-state index is 6.31. The summed E-state index contributed by atoms with van der Waals surface area (Å²) in [5.74, 6) is 2.18. The molecule has 9 rings (SSSR count). The molecule has 7 aromatic rings. The van der Waals surface area contributed by atoms with E-state index < -0.39 is 0 Å². The van der Waals surface area contributed by atoms with Crippen molar-refractivity contribution in [2.75, 3.05) is 0 Å². The van der Waals surface area contributed by atoms with Gasteiger partial charge < -0.3 is 4.74 Å². The summed E-state index contributed by atoms with van der Waals surface area (Å²) in [4.78, 5) is 10.1. The summed E-state index contributed by atoms with van der Waals surface area (Å²) in [5, 5.41) is 4.64. The van der Waals surface area contributed by atoms with Crippen LogP contribution < -0.4 is 4.74 Å². The molecular weight excluding hydrogens is 478 g/mol. The van der Waals surface area contributed by atoms with Crippen LogP contribution in [-0.2, 0) is 5.41 Å². The smallest absolute Gasteiger partial charge is 0.235 e. The third-order valence-electron chi connectivity index (χ3n) is 8.66. The largest absolute Gasteiger partial charge is 0.453 e. The van der Waals surface area contributed by atoms with E-state index in [9.17, 15) is 0 Å². The lowest BCUT2D eigenvalue weighted by atomic mass is 9.82. The van der Waals surface area contributed by atoms with Gasteiger partial charge in [-0.1, -0.05) is 98.8 Å². The van der Waals surface area contributed by atoms with Gasteiger partial charge in [-0.05, 0) is 34.2 Å². The normalized spacial score (nSPS) is 14.3. The summed E-state index contributed by atoms with van der Waals surface area (Å²) in [6, 6.07) is 34.5. The zero-order valence-electron chi connectivity index (χ0n) is 21.6. The maximum absolute atomic E-state index is 6.31. The third kappa shape index (κ3) is 2.58. The molecule has 0 saturated heterocycles. The first-order chi connectivity index (χ1) is 19.1. The lowest BCUT2D eigenvalue weighted by Crippen LogP contribution is -2.14. The molecule has 39 heavy (non-hydrogen) atoms. The second-order valence-corrected chi connectivity index (χ2v) is 11.1. The standard InChI is InChI=1S/C35H23N3O/c1-35(2)25-14-5-3-12-23(25)31-26(35)18-17-22-21-11-4-6-15-27(21)38(33(22)31)34-36-19-29-32(37-34)24-13-7-9-20-10-8-16-28(39-29)30(20)24/h3-19H,1-2H3. The first-order valence-electron chi connectivity index (χ1n) is 13.4.